The van der Waals surface area contributed by atoms with Crippen LogP contribution in [-0.4, -0.2) is 11.6 Å². The second-order valence-corrected chi connectivity index (χ2v) is 5.84. The molecule has 1 aromatic carbocycles. The van der Waals surface area contributed by atoms with Gasteiger partial charge in [-0.05, 0) is 51.2 Å². The summed E-state index contributed by atoms with van der Waals surface area (Å²) in [5.41, 5.74) is 0.106. The highest BCUT2D eigenvalue weighted by Crippen LogP contribution is 2.38. The molecule has 1 fully saturated rings. The van der Waals surface area contributed by atoms with E-state index >= 15 is 0 Å². The van der Waals surface area contributed by atoms with E-state index in [9.17, 15) is 9.18 Å². The zero-order chi connectivity index (χ0) is 13.3. The van der Waals surface area contributed by atoms with Gasteiger partial charge in [-0.2, -0.15) is 0 Å². The van der Waals surface area contributed by atoms with Crippen LogP contribution in [0, 0.1) is 5.82 Å². The largest absolute Gasteiger partial charge is 0.456 e. The van der Waals surface area contributed by atoms with Gasteiger partial charge in [0.25, 0.3) is 0 Å². The van der Waals surface area contributed by atoms with E-state index < -0.39 is 17.4 Å². The summed E-state index contributed by atoms with van der Waals surface area (Å²) in [6.07, 6.45) is 3.16. The molecule has 98 valence electrons. The maximum atomic E-state index is 14.3. The fourth-order valence-electron chi connectivity index (χ4n) is 2.08. The third-order valence-electron chi connectivity index (χ3n) is 3.19. The molecule has 0 atom stereocenters. The van der Waals surface area contributed by atoms with E-state index in [2.05, 4.69) is 0 Å². The Labute approximate surface area is 107 Å². The molecule has 0 bridgehead atoms. The lowest BCUT2D eigenvalue weighted by Gasteiger charge is -2.27. The van der Waals surface area contributed by atoms with Crippen LogP contribution in [0.1, 0.15) is 61.9 Å². The predicted octanol–water partition coefficient (Wildman–Crippen LogP) is 4.05. The quantitative estimate of drug-likeness (QED) is 0.740. The lowest BCUT2D eigenvalue weighted by molar-refractivity contribution is 0.00643. The summed E-state index contributed by atoms with van der Waals surface area (Å²) in [5.74, 6) is -0.718. The fraction of sp³-hybridized carbons (Fsp3) is 0.533. The minimum absolute atomic E-state index is 0.0503. The Kier molecular flexibility index (Phi) is 3.42. The molecule has 0 unspecified atom stereocenters. The van der Waals surface area contributed by atoms with Crippen LogP contribution >= 0.6 is 0 Å². The van der Waals surface area contributed by atoms with Crippen molar-refractivity contribution in [2.75, 3.05) is 0 Å². The number of hydrogen-bond donors (Lipinski definition) is 0. The molecule has 18 heavy (non-hydrogen) atoms. The van der Waals surface area contributed by atoms with Gasteiger partial charge in [-0.15, -0.1) is 0 Å². The van der Waals surface area contributed by atoms with Gasteiger partial charge in [0, 0.05) is 0 Å². The number of rotatable bonds is 2. The number of ether oxygens (including phenoxy) is 1. The van der Waals surface area contributed by atoms with Crippen molar-refractivity contribution in [1.29, 1.82) is 0 Å². The van der Waals surface area contributed by atoms with Gasteiger partial charge in [0.15, 0.2) is 0 Å². The standard InChI is InChI=1S/C15H19FO2/c1-15(2,3)18-14(17)12-9-5-8-11(13(12)16)10-6-4-7-10/h5,8-10H,4,6-7H2,1-3H3. The molecule has 0 spiro atoms. The van der Waals surface area contributed by atoms with E-state index in [1.54, 1.807) is 32.9 Å². The first kappa shape index (κ1) is 13.1. The van der Waals surface area contributed by atoms with E-state index in [0.29, 0.717) is 5.56 Å². The van der Waals surface area contributed by atoms with Crippen molar-refractivity contribution in [3.8, 4) is 0 Å². The number of benzene rings is 1. The van der Waals surface area contributed by atoms with Crippen LogP contribution in [0.25, 0.3) is 0 Å². The Morgan fingerprint density at radius 3 is 2.50 bits per heavy atom. The summed E-state index contributed by atoms with van der Waals surface area (Å²) in [5, 5.41) is 0. The second kappa shape index (κ2) is 4.71. The van der Waals surface area contributed by atoms with E-state index in [4.69, 9.17) is 4.74 Å². The molecule has 0 amide bonds. The van der Waals surface area contributed by atoms with E-state index in [1.807, 2.05) is 0 Å². The first-order valence-electron chi connectivity index (χ1n) is 6.40. The minimum atomic E-state index is -0.601. The topological polar surface area (TPSA) is 26.3 Å². The van der Waals surface area contributed by atoms with Crippen LogP contribution in [0.3, 0.4) is 0 Å². The van der Waals surface area contributed by atoms with Crippen molar-refractivity contribution in [3.63, 3.8) is 0 Å². The molecule has 0 N–H and O–H groups in total. The van der Waals surface area contributed by atoms with E-state index in [-0.39, 0.29) is 11.5 Å². The first-order valence-corrected chi connectivity index (χ1v) is 6.40. The van der Waals surface area contributed by atoms with Gasteiger partial charge in [-0.3, -0.25) is 0 Å². The zero-order valence-electron chi connectivity index (χ0n) is 11.1. The lowest BCUT2D eigenvalue weighted by Crippen LogP contribution is -2.25. The maximum Gasteiger partial charge on any atom is 0.341 e. The zero-order valence-corrected chi connectivity index (χ0v) is 11.1. The molecule has 1 aliphatic rings. The fourth-order valence-corrected chi connectivity index (χ4v) is 2.08. The number of carbonyl (C=O) groups excluding carboxylic acids is 1. The van der Waals surface area contributed by atoms with Crippen LogP contribution in [0.5, 0.6) is 0 Å². The van der Waals surface area contributed by atoms with Crippen molar-refractivity contribution in [2.24, 2.45) is 0 Å². The summed E-state index contributed by atoms with van der Waals surface area (Å²) in [7, 11) is 0. The van der Waals surface area contributed by atoms with Crippen molar-refractivity contribution < 1.29 is 13.9 Å². The molecule has 2 rings (SSSR count). The summed E-state index contributed by atoms with van der Waals surface area (Å²) in [6, 6.07) is 4.99. The molecule has 0 saturated heterocycles. The average Bonchev–Trinajstić information content (AvgIpc) is 2.15. The van der Waals surface area contributed by atoms with Crippen molar-refractivity contribution in [3.05, 3.63) is 35.1 Å². The second-order valence-electron chi connectivity index (χ2n) is 5.84. The highest BCUT2D eigenvalue weighted by molar-refractivity contribution is 5.90. The molecular formula is C15H19FO2. The number of carbonyl (C=O) groups is 1. The Morgan fingerprint density at radius 2 is 2.00 bits per heavy atom. The molecule has 0 heterocycles. The predicted molar refractivity (Wildman–Crippen MR) is 68.2 cm³/mol. The van der Waals surface area contributed by atoms with Gasteiger partial charge in [0.2, 0.25) is 0 Å². The number of hydrogen-bond acceptors (Lipinski definition) is 2. The third kappa shape index (κ3) is 2.71. The van der Waals surface area contributed by atoms with Crippen molar-refractivity contribution >= 4 is 5.97 Å². The van der Waals surface area contributed by atoms with Crippen LogP contribution in [0.2, 0.25) is 0 Å². The van der Waals surface area contributed by atoms with Crippen molar-refractivity contribution in [1.82, 2.24) is 0 Å². The third-order valence-corrected chi connectivity index (χ3v) is 3.19. The molecule has 1 saturated carbocycles. The molecule has 1 aliphatic carbocycles. The van der Waals surface area contributed by atoms with E-state index in [0.717, 1.165) is 19.3 Å². The Bertz CT molecular complexity index is 456. The summed E-state index contributed by atoms with van der Waals surface area (Å²) in [6.45, 7) is 5.33. The first-order chi connectivity index (χ1) is 8.38. The summed E-state index contributed by atoms with van der Waals surface area (Å²) >= 11 is 0. The van der Waals surface area contributed by atoms with Gasteiger partial charge in [0.05, 0.1) is 5.56 Å². The van der Waals surface area contributed by atoms with Crippen LogP contribution in [0.15, 0.2) is 18.2 Å². The van der Waals surface area contributed by atoms with Gasteiger partial charge in [-0.1, -0.05) is 18.6 Å². The van der Waals surface area contributed by atoms with Crippen LogP contribution in [0.4, 0.5) is 4.39 Å². The van der Waals surface area contributed by atoms with Gasteiger partial charge in [-0.25, -0.2) is 9.18 Å². The molecular weight excluding hydrogens is 231 g/mol. The molecule has 1 aromatic rings. The molecule has 2 nitrogen and oxygen atoms in total. The van der Waals surface area contributed by atoms with Gasteiger partial charge < -0.3 is 4.74 Å². The highest BCUT2D eigenvalue weighted by Gasteiger charge is 2.27. The van der Waals surface area contributed by atoms with Gasteiger partial charge in [0.1, 0.15) is 11.4 Å². The Morgan fingerprint density at radius 1 is 1.33 bits per heavy atom. The minimum Gasteiger partial charge on any atom is -0.456 e. The maximum absolute atomic E-state index is 14.3. The number of esters is 1. The molecule has 0 radical (unpaired) electrons. The van der Waals surface area contributed by atoms with E-state index in [1.165, 1.54) is 6.07 Å². The number of halogens is 1. The van der Waals surface area contributed by atoms with Crippen molar-refractivity contribution in [2.45, 2.75) is 51.6 Å². The molecule has 0 aromatic heterocycles. The monoisotopic (exact) mass is 250 g/mol. The van der Waals surface area contributed by atoms with Crippen LogP contribution < -0.4 is 0 Å². The highest BCUT2D eigenvalue weighted by atomic mass is 19.1. The summed E-state index contributed by atoms with van der Waals surface area (Å²) < 4.78 is 19.5. The Hall–Kier alpha value is -1.38. The normalized spacial score (nSPS) is 16.2. The van der Waals surface area contributed by atoms with Crippen LogP contribution in [-0.2, 0) is 4.74 Å². The smallest absolute Gasteiger partial charge is 0.341 e. The summed E-state index contributed by atoms with van der Waals surface area (Å²) in [4.78, 5) is 11.9. The molecule has 0 aliphatic heterocycles. The SMILES string of the molecule is CC(C)(C)OC(=O)c1cccc(C2CCC2)c1F. The van der Waals surface area contributed by atoms with Gasteiger partial charge >= 0.3 is 5.97 Å². The molecule has 3 heteroatoms. The Balaban J connectivity index is 2.25. The average molecular weight is 250 g/mol. The lowest BCUT2D eigenvalue weighted by atomic mass is 9.79.